The molecule has 29 heavy (non-hydrogen) atoms. The number of benzene rings is 2. The van der Waals surface area contributed by atoms with E-state index in [4.69, 9.17) is 9.26 Å². The molecular formula is C22H26N2O4S. The van der Waals surface area contributed by atoms with Gasteiger partial charge in [-0.15, -0.1) is 0 Å². The van der Waals surface area contributed by atoms with E-state index in [-0.39, 0.29) is 10.7 Å². The van der Waals surface area contributed by atoms with Crippen LogP contribution in [0.25, 0.3) is 11.0 Å². The van der Waals surface area contributed by atoms with Gasteiger partial charge < -0.3 is 9.26 Å². The van der Waals surface area contributed by atoms with Crippen molar-refractivity contribution in [3.8, 4) is 5.75 Å². The number of nitrogens with one attached hydrogen (secondary N) is 1. The molecule has 0 bridgehead atoms. The van der Waals surface area contributed by atoms with Gasteiger partial charge in [-0.1, -0.05) is 49.5 Å². The van der Waals surface area contributed by atoms with Crippen LogP contribution in [0, 0.1) is 0 Å². The Labute approximate surface area is 171 Å². The van der Waals surface area contributed by atoms with Crippen molar-refractivity contribution in [1.82, 2.24) is 5.16 Å². The molecule has 0 unspecified atom stereocenters. The minimum Gasteiger partial charge on any atom is -0.495 e. The van der Waals surface area contributed by atoms with Crippen molar-refractivity contribution in [2.75, 3.05) is 11.8 Å². The molecule has 6 nitrogen and oxygen atoms in total. The molecule has 0 amide bonds. The number of methoxy groups -OCH3 is 1. The molecule has 4 rings (SSSR count). The van der Waals surface area contributed by atoms with Crippen LogP contribution in [-0.4, -0.2) is 20.7 Å². The van der Waals surface area contributed by atoms with Crippen LogP contribution in [0.15, 0.2) is 45.8 Å². The van der Waals surface area contributed by atoms with E-state index < -0.39 is 10.0 Å². The topological polar surface area (TPSA) is 81.4 Å². The quantitative estimate of drug-likeness (QED) is 0.596. The van der Waals surface area contributed by atoms with Crippen LogP contribution in [-0.2, 0) is 16.4 Å². The summed E-state index contributed by atoms with van der Waals surface area (Å²) in [6.45, 7) is 1.98. The fourth-order valence-corrected chi connectivity index (χ4v) is 5.40. The van der Waals surface area contributed by atoms with E-state index in [0.717, 1.165) is 35.8 Å². The third kappa shape index (κ3) is 3.83. The molecule has 0 aliphatic heterocycles. The summed E-state index contributed by atoms with van der Waals surface area (Å²) in [5.74, 6) is 0.938. The van der Waals surface area contributed by atoms with E-state index in [0.29, 0.717) is 17.3 Å². The molecule has 1 N–H and O–H groups in total. The van der Waals surface area contributed by atoms with Gasteiger partial charge in [0.25, 0.3) is 10.0 Å². The maximum atomic E-state index is 13.2. The first-order valence-electron chi connectivity index (χ1n) is 10.1. The normalized spacial score (nSPS) is 15.5. The average Bonchev–Trinajstić information content (AvgIpc) is 3.16. The number of rotatable bonds is 6. The van der Waals surface area contributed by atoms with Gasteiger partial charge in [-0.05, 0) is 54.5 Å². The van der Waals surface area contributed by atoms with Crippen LogP contribution in [0.4, 0.5) is 5.82 Å². The average molecular weight is 415 g/mol. The standard InChI is InChI=1S/C22H26N2O4S/c1-3-15-12-13-18(27-2)20(14-15)29(25,26)24-22-21-17(16-8-5-4-6-9-16)10-7-11-19(21)28-23-22/h7,10-14,16H,3-6,8-9H2,1-2H3,(H,23,24). The SMILES string of the molecule is CCc1ccc(OC)c(S(=O)(=O)Nc2noc3cccc(C4CCCCC4)c23)c1. The zero-order valence-electron chi connectivity index (χ0n) is 16.8. The molecule has 1 aliphatic rings. The highest BCUT2D eigenvalue weighted by Gasteiger charge is 2.26. The van der Waals surface area contributed by atoms with Crippen molar-refractivity contribution in [3.63, 3.8) is 0 Å². The van der Waals surface area contributed by atoms with Crippen LogP contribution in [0.2, 0.25) is 0 Å². The third-order valence-corrected chi connectivity index (χ3v) is 7.09. The van der Waals surface area contributed by atoms with Crippen molar-refractivity contribution < 1.29 is 17.7 Å². The highest BCUT2D eigenvalue weighted by molar-refractivity contribution is 7.92. The minimum absolute atomic E-state index is 0.102. The van der Waals surface area contributed by atoms with E-state index in [9.17, 15) is 8.42 Å². The number of fused-ring (bicyclic) bond motifs is 1. The lowest BCUT2D eigenvalue weighted by Crippen LogP contribution is -2.15. The van der Waals surface area contributed by atoms with E-state index in [2.05, 4.69) is 15.9 Å². The summed E-state index contributed by atoms with van der Waals surface area (Å²) in [6, 6.07) is 11.0. The molecular weight excluding hydrogens is 388 g/mol. The van der Waals surface area contributed by atoms with Crippen LogP contribution < -0.4 is 9.46 Å². The largest absolute Gasteiger partial charge is 0.495 e. The predicted octanol–water partition coefficient (Wildman–Crippen LogP) is 5.25. The number of anilines is 1. The van der Waals surface area contributed by atoms with Crippen LogP contribution in [0.5, 0.6) is 5.75 Å². The Morgan fingerprint density at radius 1 is 1.17 bits per heavy atom. The smallest absolute Gasteiger partial charge is 0.266 e. The maximum absolute atomic E-state index is 13.2. The lowest BCUT2D eigenvalue weighted by molar-refractivity contribution is 0.402. The number of nitrogens with zero attached hydrogens (tertiary/aromatic N) is 1. The zero-order chi connectivity index (χ0) is 20.4. The lowest BCUT2D eigenvalue weighted by atomic mass is 9.83. The van der Waals surface area contributed by atoms with Gasteiger partial charge in [-0.3, -0.25) is 4.72 Å². The molecule has 1 heterocycles. The van der Waals surface area contributed by atoms with Crippen LogP contribution in [0.3, 0.4) is 0 Å². The van der Waals surface area contributed by atoms with Crippen LogP contribution in [0.1, 0.15) is 56.1 Å². The summed E-state index contributed by atoms with van der Waals surface area (Å²) in [7, 11) is -2.43. The Morgan fingerprint density at radius 3 is 2.69 bits per heavy atom. The number of hydrogen-bond donors (Lipinski definition) is 1. The molecule has 154 valence electrons. The maximum Gasteiger partial charge on any atom is 0.266 e. The van der Waals surface area contributed by atoms with Crippen molar-refractivity contribution in [1.29, 1.82) is 0 Å². The van der Waals surface area contributed by atoms with Gasteiger partial charge in [0.1, 0.15) is 10.6 Å². The molecule has 0 atom stereocenters. The number of sulfonamides is 1. The fourth-order valence-electron chi connectivity index (χ4n) is 4.17. The summed E-state index contributed by atoms with van der Waals surface area (Å²) < 4.78 is 39.8. The van der Waals surface area contributed by atoms with Gasteiger partial charge in [-0.2, -0.15) is 0 Å². The van der Waals surface area contributed by atoms with Gasteiger partial charge in [0, 0.05) is 0 Å². The molecule has 7 heteroatoms. The molecule has 0 saturated heterocycles. The van der Waals surface area contributed by atoms with Crippen molar-refractivity contribution in [2.24, 2.45) is 0 Å². The Kier molecular flexibility index (Phi) is 5.50. The molecule has 1 aliphatic carbocycles. The summed E-state index contributed by atoms with van der Waals surface area (Å²) in [6.07, 6.45) is 6.56. The van der Waals surface area contributed by atoms with Crippen molar-refractivity contribution in [3.05, 3.63) is 47.5 Å². The molecule has 0 spiro atoms. The minimum atomic E-state index is -3.90. The Bertz CT molecular complexity index is 1120. The predicted molar refractivity (Wildman–Crippen MR) is 113 cm³/mol. The molecule has 3 aromatic rings. The van der Waals surface area contributed by atoms with E-state index in [1.54, 1.807) is 12.1 Å². The summed E-state index contributed by atoms with van der Waals surface area (Å²) in [5.41, 5.74) is 2.62. The number of ether oxygens (including phenoxy) is 1. The first-order chi connectivity index (χ1) is 14.0. The summed E-state index contributed by atoms with van der Waals surface area (Å²) >= 11 is 0. The number of hydrogen-bond acceptors (Lipinski definition) is 5. The molecule has 0 radical (unpaired) electrons. The Hall–Kier alpha value is -2.54. The van der Waals surface area contributed by atoms with Gasteiger partial charge in [-0.25, -0.2) is 8.42 Å². The molecule has 2 aromatic carbocycles. The summed E-state index contributed by atoms with van der Waals surface area (Å²) in [5, 5.41) is 4.81. The second-order valence-electron chi connectivity index (χ2n) is 7.53. The van der Waals surface area contributed by atoms with Gasteiger partial charge >= 0.3 is 0 Å². The van der Waals surface area contributed by atoms with Crippen molar-refractivity contribution >= 4 is 26.8 Å². The molecule has 1 fully saturated rings. The van der Waals surface area contributed by atoms with Crippen LogP contribution >= 0.6 is 0 Å². The van der Waals surface area contributed by atoms with Gasteiger partial charge in [0.2, 0.25) is 0 Å². The van der Waals surface area contributed by atoms with Crippen molar-refractivity contribution in [2.45, 2.75) is 56.3 Å². The Balaban J connectivity index is 1.76. The van der Waals surface area contributed by atoms with Gasteiger partial charge in [0.15, 0.2) is 11.4 Å². The third-order valence-electron chi connectivity index (χ3n) is 5.73. The van der Waals surface area contributed by atoms with E-state index in [1.807, 2.05) is 25.1 Å². The molecule has 1 aromatic heterocycles. The fraction of sp³-hybridized carbons (Fsp3) is 0.409. The monoisotopic (exact) mass is 414 g/mol. The van der Waals surface area contributed by atoms with E-state index in [1.165, 1.54) is 26.4 Å². The highest BCUT2D eigenvalue weighted by atomic mass is 32.2. The van der Waals surface area contributed by atoms with Gasteiger partial charge in [0.05, 0.1) is 12.5 Å². The second kappa shape index (κ2) is 8.06. The number of aryl methyl sites for hydroxylation is 1. The zero-order valence-corrected chi connectivity index (χ0v) is 17.6. The second-order valence-corrected chi connectivity index (χ2v) is 9.18. The first-order valence-corrected chi connectivity index (χ1v) is 11.6. The highest BCUT2D eigenvalue weighted by Crippen LogP contribution is 2.39. The lowest BCUT2D eigenvalue weighted by Gasteiger charge is -2.22. The molecule has 1 saturated carbocycles. The first kappa shape index (κ1) is 19.8. The summed E-state index contributed by atoms with van der Waals surface area (Å²) in [4.78, 5) is 0.102. The van der Waals surface area contributed by atoms with E-state index >= 15 is 0 Å². The Morgan fingerprint density at radius 2 is 1.97 bits per heavy atom. The number of aromatic nitrogens is 1.